The summed E-state index contributed by atoms with van der Waals surface area (Å²) in [5.74, 6) is 0.903. The van der Waals surface area contributed by atoms with E-state index in [-0.39, 0.29) is 29.2 Å². The summed E-state index contributed by atoms with van der Waals surface area (Å²) >= 11 is 4.89. The Hall–Kier alpha value is -1.32. The number of carbonyl (C=O) groups is 1. The molecular formula is C16H18BrN3O3S2. The summed E-state index contributed by atoms with van der Waals surface area (Å²) in [6, 6.07) is 9.27. The number of carbonyl (C=O) groups excluding carboxylic acids is 1. The highest BCUT2D eigenvalue weighted by atomic mass is 79.9. The van der Waals surface area contributed by atoms with Crippen molar-refractivity contribution in [1.82, 2.24) is 9.78 Å². The molecule has 0 aliphatic carbocycles. The van der Waals surface area contributed by atoms with Crippen LogP contribution in [0.1, 0.15) is 18.2 Å². The quantitative estimate of drug-likeness (QED) is 0.718. The highest BCUT2D eigenvalue weighted by molar-refractivity contribution is 9.10. The SMILES string of the molecule is Cc1cc(NC(=O)CSc2ccccc2Br)n(C2CCS(=O)(=O)C2)n1. The van der Waals surface area contributed by atoms with Crippen LogP contribution in [-0.4, -0.2) is 41.4 Å². The average Bonchev–Trinajstić information content (AvgIpc) is 3.08. The van der Waals surface area contributed by atoms with Gasteiger partial charge in [0.25, 0.3) is 0 Å². The summed E-state index contributed by atoms with van der Waals surface area (Å²) < 4.78 is 26.0. The maximum absolute atomic E-state index is 12.3. The minimum Gasteiger partial charge on any atom is -0.310 e. The molecule has 6 nitrogen and oxygen atoms in total. The molecule has 3 rings (SSSR count). The van der Waals surface area contributed by atoms with Gasteiger partial charge in [0, 0.05) is 15.4 Å². The fourth-order valence-electron chi connectivity index (χ4n) is 2.74. The fourth-order valence-corrected chi connectivity index (χ4v) is 5.80. The Morgan fingerprint density at radius 1 is 1.44 bits per heavy atom. The lowest BCUT2D eigenvalue weighted by atomic mass is 10.3. The smallest absolute Gasteiger partial charge is 0.235 e. The van der Waals surface area contributed by atoms with Crippen LogP contribution in [0.15, 0.2) is 39.7 Å². The zero-order valence-electron chi connectivity index (χ0n) is 13.6. The highest BCUT2D eigenvalue weighted by Crippen LogP contribution is 2.29. The van der Waals surface area contributed by atoms with E-state index in [9.17, 15) is 13.2 Å². The van der Waals surface area contributed by atoms with Crippen molar-refractivity contribution in [2.24, 2.45) is 0 Å². The van der Waals surface area contributed by atoms with Crippen molar-refractivity contribution in [3.05, 3.63) is 40.5 Å². The number of hydrogen-bond acceptors (Lipinski definition) is 5. The van der Waals surface area contributed by atoms with E-state index in [0.717, 1.165) is 15.1 Å². The summed E-state index contributed by atoms with van der Waals surface area (Å²) in [5.41, 5.74) is 0.748. The maximum atomic E-state index is 12.3. The van der Waals surface area contributed by atoms with Crippen LogP contribution in [0.2, 0.25) is 0 Å². The second kappa shape index (κ2) is 7.51. The van der Waals surface area contributed by atoms with E-state index < -0.39 is 9.84 Å². The van der Waals surface area contributed by atoms with Gasteiger partial charge in [0.2, 0.25) is 5.91 Å². The summed E-state index contributed by atoms with van der Waals surface area (Å²) in [5, 5.41) is 7.22. The predicted molar refractivity (Wildman–Crippen MR) is 103 cm³/mol. The van der Waals surface area contributed by atoms with Gasteiger partial charge in [0.15, 0.2) is 9.84 Å². The number of hydrogen-bond donors (Lipinski definition) is 1. The summed E-state index contributed by atoms with van der Waals surface area (Å²) in [6.07, 6.45) is 0.526. The molecular weight excluding hydrogens is 426 g/mol. The molecule has 1 aromatic heterocycles. The molecule has 0 bridgehead atoms. The van der Waals surface area contributed by atoms with Crippen molar-refractivity contribution < 1.29 is 13.2 Å². The first kappa shape index (κ1) is 18.5. The van der Waals surface area contributed by atoms with Gasteiger partial charge in [-0.15, -0.1) is 11.8 Å². The summed E-state index contributed by atoms with van der Waals surface area (Å²) in [6.45, 7) is 1.82. The molecule has 25 heavy (non-hydrogen) atoms. The minimum atomic E-state index is -3.01. The van der Waals surface area contributed by atoms with E-state index in [1.165, 1.54) is 11.8 Å². The van der Waals surface area contributed by atoms with Gasteiger partial charge < -0.3 is 5.32 Å². The molecule has 1 atom stereocenters. The molecule has 1 saturated heterocycles. The van der Waals surface area contributed by atoms with E-state index >= 15 is 0 Å². The number of aryl methyl sites for hydroxylation is 1. The first-order valence-electron chi connectivity index (χ1n) is 7.78. The van der Waals surface area contributed by atoms with E-state index in [4.69, 9.17) is 0 Å². The van der Waals surface area contributed by atoms with Gasteiger partial charge in [0.1, 0.15) is 5.82 Å². The molecule has 134 valence electrons. The van der Waals surface area contributed by atoms with Crippen LogP contribution in [0.5, 0.6) is 0 Å². The molecule has 1 fully saturated rings. The van der Waals surface area contributed by atoms with Crippen LogP contribution in [0.25, 0.3) is 0 Å². The number of anilines is 1. The van der Waals surface area contributed by atoms with Crippen LogP contribution in [0.3, 0.4) is 0 Å². The molecule has 1 aliphatic heterocycles. The highest BCUT2D eigenvalue weighted by Gasteiger charge is 2.31. The monoisotopic (exact) mass is 443 g/mol. The van der Waals surface area contributed by atoms with Gasteiger partial charge in [-0.2, -0.15) is 5.10 Å². The number of sulfone groups is 1. The third kappa shape index (κ3) is 4.65. The molecule has 0 saturated carbocycles. The van der Waals surface area contributed by atoms with Crippen molar-refractivity contribution >= 4 is 49.3 Å². The van der Waals surface area contributed by atoms with Gasteiger partial charge in [-0.3, -0.25) is 4.79 Å². The lowest BCUT2D eigenvalue weighted by molar-refractivity contribution is -0.113. The third-order valence-electron chi connectivity index (χ3n) is 3.88. The van der Waals surface area contributed by atoms with E-state index in [1.807, 2.05) is 31.2 Å². The Balaban J connectivity index is 1.67. The number of thioether (sulfide) groups is 1. The third-order valence-corrected chi connectivity index (χ3v) is 7.65. The second-order valence-electron chi connectivity index (χ2n) is 5.94. The molecule has 2 heterocycles. The zero-order valence-corrected chi connectivity index (χ0v) is 16.8. The van der Waals surface area contributed by atoms with Gasteiger partial charge >= 0.3 is 0 Å². The molecule has 9 heteroatoms. The molecule has 1 N–H and O–H groups in total. The molecule has 1 unspecified atom stereocenters. The number of amides is 1. The van der Waals surface area contributed by atoms with Crippen molar-refractivity contribution in [1.29, 1.82) is 0 Å². The van der Waals surface area contributed by atoms with Crippen LogP contribution in [-0.2, 0) is 14.6 Å². The largest absolute Gasteiger partial charge is 0.310 e. The summed E-state index contributed by atoms with van der Waals surface area (Å²) in [4.78, 5) is 13.3. The van der Waals surface area contributed by atoms with Crippen molar-refractivity contribution in [3.8, 4) is 0 Å². The Labute approximate surface area is 159 Å². The standard InChI is InChI=1S/C16H18BrN3O3S2/c1-11-8-15(20(19-11)12-6-7-25(22,23)10-12)18-16(21)9-24-14-5-3-2-4-13(14)17/h2-5,8,12H,6-7,9-10H2,1H3,(H,18,21). The topological polar surface area (TPSA) is 81.1 Å². The fraction of sp³-hybridized carbons (Fsp3) is 0.375. The number of rotatable bonds is 5. The number of halogens is 1. The maximum Gasteiger partial charge on any atom is 0.235 e. The zero-order chi connectivity index (χ0) is 18.0. The number of nitrogens with zero attached hydrogens (tertiary/aromatic N) is 2. The first-order valence-corrected chi connectivity index (χ1v) is 11.4. The van der Waals surface area contributed by atoms with Gasteiger partial charge in [0.05, 0.1) is 29.0 Å². The first-order chi connectivity index (χ1) is 11.8. The Morgan fingerprint density at radius 2 is 2.20 bits per heavy atom. The normalized spacial score (nSPS) is 19.0. The molecule has 0 radical (unpaired) electrons. The van der Waals surface area contributed by atoms with Crippen LogP contribution >= 0.6 is 27.7 Å². The second-order valence-corrected chi connectivity index (χ2v) is 10.0. The van der Waals surface area contributed by atoms with Crippen molar-refractivity contribution in [2.45, 2.75) is 24.3 Å². The number of nitrogens with one attached hydrogen (secondary N) is 1. The molecule has 1 amide bonds. The molecule has 2 aromatic rings. The number of benzene rings is 1. The summed E-state index contributed by atoms with van der Waals surface area (Å²) in [7, 11) is -3.01. The van der Waals surface area contributed by atoms with E-state index in [2.05, 4.69) is 26.3 Å². The molecule has 1 aliphatic rings. The van der Waals surface area contributed by atoms with Crippen molar-refractivity contribution in [2.75, 3.05) is 22.6 Å². The van der Waals surface area contributed by atoms with Gasteiger partial charge in [-0.1, -0.05) is 12.1 Å². The molecule has 1 aromatic carbocycles. The Kier molecular flexibility index (Phi) is 5.55. The van der Waals surface area contributed by atoms with Crippen LogP contribution in [0, 0.1) is 6.92 Å². The lowest BCUT2D eigenvalue weighted by Crippen LogP contribution is -2.20. The lowest BCUT2D eigenvalue weighted by Gasteiger charge is -2.13. The predicted octanol–water partition coefficient (Wildman–Crippen LogP) is 3.04. The van der Waals surface area contributed by atoms with Crippen molar-refractivity contribution in [3.63, 3.8) is 0 Å². The average molecular weight is 444 g/mol. The van der Waals surface area contributed by atoms with Crippen LogP contribution in [0.4, 0.5) is 5.82 Å². The number of aromatic nitrogens is 2. The Bertz CT molecular complexity index is 896. The van der Waals surface area contributed by atoms with E-state index in [0.29, 0.717) is 12.2 Å². The molecule has 0 spiro atoms. The Morgan fingerprint density at radius 3 is 2.88 bits per heavy atom. The van der Waals surface area contributed by atoms with Gasteiger partial charge in [-0.05, 0) is 41.4 Å². The minimum absolute atomic E-state index is 0.0721. The van der Waals surface area contributed by atoms with Gasteiger partial charge in [-0.25, -0.2) is 13.1 Å². The van der Waals surface area contributed by atoms with Crippen LogP contribution < -0.4 is 5.32 Å². The van der Waals surface area contributed by atoms with E-state index in [1.54, 1.807) is 10.7 Å².